The molecule has 0 heterocycles. The number of ether oxygens (including phenoxy) is 2. The lowest BCUT2D eigenvalue weighted by molar-refractivity contribution is -0.168. The third kappa shape index (κ3) is 8.96. The van der Waals surface area contributed by atoms with Crippen molar-refractivity contribution in [2.24, 2.45) is 23.7 Å². The normalized spacial score (nSPS) is 24.7. The van der Waals surface area contributed by atoms with Crippen LogP contribution in [-0.4, -0.2) is 25.2 Å². The molecule has 4 heteroatoms. The van der Waals surface area contributed by atoms with Crippen LogP contribution in [0.5, 0.6) is 0 Å². The van der Waals surface area contributed by atoms with Crippen LogP contribution in [0.3, 0.4) is 0 Å². The van der Waals surface area contributed by atoms with Crippen LogP contribution < -0.4 is 0 Å². The molecule has 4 unspecified atom stereocenters. The lowest BCUT2D eigenvalue weighted by Gasteiger charge is -2.37. The van der Waals surface area contributed by atoms with Crippen molar-refractivity contribution in [3.63, 3.8) is 0 Å². The standard InChI is InChI=1S/C24H44O4/c1-5-7-9-11-13-17-27-23(25)21-19(3)15-16-20(4)22(21)24(26)28-18-14-12-10-8-6-2/h19-22H,5-18H2,1-4H3. The number of rotatable bonds is 14. The molecule has 164 valence electrons. The Morgan fingerprint density at radius 2 is 1.00 bits per heavy atom. The highest BCUT2D eigenvalue weighted by molar-refractivity contribution is 5.82. The van der Waals surface area contributed by atoms with Gasteiger partial charge < -0.3 is 9.47 Å². The minimum Gasteiger partial charge on any atom is -0.465 e. The van der Waals surface area contributed by atoms with E-state index in [1.807, 2.05) is 0 Å². The van der Waals surface area contributed by atoms with Crippen molar-refractivity contribution >= 4 is 11.9 Å². The van der Waals surface area contributed by atoms with Crippen molar-refractivity contribution in [3.05, 3.63) is 0 Å². The Bertz CT molecular complexity index is 394. The van der Waals surface area contributed by atoms with Crippen molar-refractivity contribution < 1.29 is 19.1 Å². The fraction of sp³-hybridized carbons (Fsp3) is 0.917. The lowest BCUT2D eigenvalue weighted by atomic mass is 9.67. The van der Waals surface area contributed by atoms with Crippen molar-refractivity contribution in [1.82, 2.24) is 0 Å². The smallest absolute Gasteiger partial charge is 0.310 e. The van der Waals surface area contributed by atoms with Crippen LogP contribution in [0.1, 0.15) is 105 Å². The third-order valence-corrected chi connectivity index (χ3v) is 6.22. The first-order valence-corrected chi connectivity index (χ1v) is 11.9. The van der Waals surface area contributed by atoms with E-state index in [1.54, 1.807) is 0 Å². The van der Waals surface area contributed by atoms with E-state index in [0.717, 1.165) is 38.5 Å². The Hall–Kier alpha value is -1.06. The SMILES string of the molecule is CCCCCCCOC(=O)C1C(C)CCC(C)C1C(=O)OCCCCCCC. The van der Waals surface area contributed by atoms with E-state index in [9.17, 15) is 9.59 Å². The number of esters is 2. The summed E-state index contributed by atoms with van der Waals surface area (Å²) in [5, 5.41) is 0. The van der Waals surface area contributed by atoms with E-state index < -0.39 is 0 Å². The summed E-state index contributed by atoms with van der Waals surface area (Å²) in [7, 11) is 0. The molecule has 1 rings (SSSR count). The highest BCUT2D eigenvalue weighted by Crippen LogP contribution is 2.40. The van der Waals surface area contributed by atoms with E-state index >= 15 is 0 Å². The topological polar surface area (TPSA) is 52.6 Å². The zero-order valence-corrected chi connectivity index (χ0v) is 18.8. The molecule has 0 aromatic heterocycles. The van der Waals surface area contributed by atoms with Crippen molar-refractivity contribution in [2.45, 2.75) is 105 Å². The molecule has 0 N–H and O–H groups in total. The Balaban J connectivity index is 2.49. The molecule has 4 atom stereocenters. The average Bonchev–Trinajstić information content (AvgIpc) is 2.68. The van der Waals surface area contributed by atoms with Gasteiger partial charge >= 0.3 is 11.9 Å². The first-order chi connectivity index (χ1) is 13.5. The maximum Gasteiger partial charge on any atom is 0.310 e. The molecule has 0 aliphatic heterocycles. The van der Waals surface area contributed by atoms with Gasteiger partial charge in [-0.2, -0.15) is 0 Å². The van der Waals surface area contributed by atoms with Crippen molar-refractivity contribution in [3.8, 4) is 0 Å². The number of hydrogen-bond acceptors (Lipinski definition) is 4. The van der Waals surface area contributed by atoms with Crippen LogP contribution >= 0.6 is 0 Å². The van der Waals surface area contributed by atoms with Gasteiger partial charge in [-0.05, 0) is 37.5 Å². The summed E-state index contributed by atoms with van der Waals surface area (Å²) in [4.78, 5) is 25.6. The van der Waals surface area contributed by atoms with E-state index in [-0.39, 0.29) is 35.6 Å². The second-order valence-electron chi connectivity index (χ2n) is 8.75. The van der Waals surface area contributed by atoms with Gasteiger partial charge in [0.05, 0.1) is 25.0 Å². The third-order valence-electron chi connectivity index (χ3n) is 6.22. The summed E-state index contributed by atoms with van der Waals surface area (Å²) in [5.74, 6) is -0.755. The second-order valence-corrected chi connectivity index (χ2v) is 8.75. The fourth-order valence-corrected chi connectivity index (χ4v) is 4.30. The molecule has 1 aliphatic carbocycles. The molecule has 0 aromatic carbocycles. The Morgan fingerprint density at radius 1 is 0.643 bits per heavy atom. The molecule has 28 heavy (non-hydrogen) atoms. The Kier molecular flexibility index (Phi) is 13.3. The predicted molar refractivity (Wildman–Crippen MR) is 114 cm³/mol. The van der Waals surface area contributed by atoms with E-state index in [2.05, 4.69) is 27.7 Å². The maximum atomic E-state index is 12.8. The fourth-order valence-electron chi connectivity index (χ4n) is 4.30. The minimum atomic E-state index is -0.355. The zero-order valence-electron chi connectivity index (χ0n) is 18.8. The highest BCUT2D eigenvalue weighted by atomic mass is 16.5. The lowest BCUT2D eigenvalue weighted by Crippen LogP contribution is -2.43. The van der Waals surface area contributed by atoms with Crippen molar-refractivity contribution in [2.75, 3.05) is 13.2 Å². The van der Waals surface area contributed by atoms with E-state index in [0.29, 0.717) is 13.2 Å². The van der Waals surface area contributed by atoms with Crippen LogP contribution in [0.25, 0.3) is 0 Å². The first-order valence-electron chi connectivity index (χ1n) is 11.9. The molecule has 0 saturated heterocycles. The monoisotopic (exact) mass is 396 g/mol. The van der Waals surface area contributed by atoms with Crippen LogP contribution in [0.15, 0.2) is 0 Å². The second kappa shape index (κ2) is 14.9. The molecule has 0 spiro atoms. The zero-order chi connectivity index (χ0) is 20.8. The quantitative estimate of drug-likeness (QED) is 0.255. The van der Waals surface area contributed by atoms with Crippen LogP contribution in [-0.2, 0) is 19.1 Å². The predicted octanol–water partition coefficient (Wildman–Crippen LogP) is 6.31. The molecule has 0 bridgehead atoms. The molecule has 1 saturated carbocycles. The number of unbranched alkanes of at least 4 members (excludes halogenated alkanes) is 8. The van der Waals surface area contributed by atoms with Gasteiger partial charge in [0.2, 0.25) is 0 Å². The molecule has 0 aromatic rings. The summed E-state index contributed by atoms with van der Waals surface area (Å²) in [6.07, 6.45) is 13.2. The summed E-state index contributed by atoms with van der Waals surface area (Å²) >= 11 is 0. The summed E-state index contributed by atoms with van der Waals surface area (Å²) in [6, 6.07) is 0. The molecule has 0 radical (unpaired) electrons. The maximum absolute atomic E-state index is 12.8. The van der Waals surface area contributed by atoms with Gasteiger partial charge in [0, 0.05) is 0 Å². The molecule has 4 nitrogen and oxygen atoms in total. The molecule has 1 aliphatic rings. The van der Waals surface area contributed by atoms with Gasteiger partial charge in [-0.15, -0.1) is 0 Å². The molecular weight excluding hydrogens is 352 g/mol. The minimum absolute atomic E-state index is 0.172. The number of carbonyl (C=O) groups excluding carboxylic acids is 2. The number of hydrogen-bond donors (Lipinski definition) is 0. The van der Waals surface area contributed by atoms with Gasteiger partial charge in [-0.3, -0.25) is 9.59 Å². The van der Waals surface area contributed by atoms with E-state index in [4.69, 9.17) is 9.47 Å². The van der Waals surface area contributed by atoms with Gasteiger partial charge in [0.25, 0.3) is 0 Å². The summed E-state index contributed by atoms with van der Waals surface area (Å²) in [6.45, 7) is 9.47. The molecule has 0 amide bonds. The van der Waals surface area contributed by atoms with Crippen LogP contribution in [0.2, 0.25) is 0 Å². The molecule has 1 fully saturated rings. The van der Waals surface area contributed by atoms with Crippen LogP contribution in [0, 0.1) is 23.7 Å². The Morgan fingerprint density at radius 3 is 1.36 bits per heavy atom. The summed E-state index contributed by atoms with van der Waals surface area (Å²) < 4.78 is 11.2. The Labute approximate surface area is 173 Å². The van der Waals surface area contributed by atoms with E-state index in [1.165, 1.54) is 38.5 Å². The number of carbonyl (C=O) groups is 2. The highest BCUT2D eigenvalue weighted by Gasteiger charge is 2.45. The van der Waals surface area contributed by atoms with Gasteiger partial charge in [-0.25, -0.2) is 0 Å². The van der Waals surface area contributed by atoms with Gasteiger partial charge in [-0.1, -0.05) is 79.1 Å². The van der Waals surface area contributed by atoms with Crippen molar-refractivity contribution in [1.29, 1.82) is 0 Å². The van der Waals surface area contributed by atoms with Gasteiger partial charge in [0.1, 0.15) is 0 Å². The molecular formula is C24H44O4. The van der Waals surface area contributed by atoms with Crippen LogP contribution in [0.4, 0.5) is 0 Å². The first kappa shape index (κ1) is 25.0. The van der Waals surface area contributed by atoms with Gasteiger partial charge in [0.15, 0.2) is 0 Å². The summed E-state index contributed by atoms with van der Waals surface area (Å²) in [5.41, 5.74) is 0. The largest absolute Gasteiger partial charge is 0.465 e. The average molecular weight is 397 g/mol.